The Kier molecular flexibility index (Phi) is 4.93. The number of carbonyl (C=O) groups is 2. The third-order valence-electron chi connectivity index (χ3n) is 3.08. The van der Waals surface area contributed by atoms with E-state index >= 15 is 0 Å². The van der Waals surface area contributed by atoms with Crippen LogP contribution in [0.5, 0.6) is 0 Å². The number of nitrogens with zero attached hydrogens (tertiary/aromatic N) is 1. The number of rotatable bonds is 4. The quantitative estimate of drug-likeness (QED) is 0.776. The summed E-state index contributed by atoms with van der Waals surface area (Å²) in [7, 11) is 1.61. The molecule has 2 amide bonds. The molecular weight excluding hydrogens is 220 g/mol. The van der Waals surface area contributed by atoms with Gasteiger partial charge in [-0.15, -0.1) is 0 Å². The van der Waals surface area contributed by atoms with Crippen LogP contribution >= 0.6 is 0 Å². The lowest BCUT2D eigenvalue weighted by atomic mass is 10.0. The van der Waals surface area contributed by atoms with E-state index in [2.05, 4.69) is 5.32 Å². The number of hydrogen-bond donors (Lipinski definition) is 1. The van der Waals surface area contributed by atoms with Crippen molar-refractivity contribution in [3.05, 3.63) is 0 Å². The summed E-state index contributed by atoms with van der Waals surface area (Å²) in [6.07, 6.45) is 0.360. The van der Waals surface area contributed by atoms with Gasteiger partial charge in [-0.3, -0.25) is 9.59 Å². The minimum Gasteiger partial charge on any atom is -0.383 e. The molecule has 98 valence electrons. The molecule has 2 atom stereocenters. The first-order valence-electron chi connectivity index (χ1n) is 6.06. The average Bonchev–Trinajstić information content (AvgIpc) is 2.34. The van der Waals surface area contributed by atoms with Gasteiger partial charge in [0.1, 0.15) is 6.04 Å². The molecule has 2 unspecified atom stereocenters. The fourth-order valence-electron chi connectivity index (χ4n) is 2.04. The highest BCUT2D eigenvalue weighted by molar-refractivity contribution is 5.90. The van der Waals surface area contributed by atoms with Crippen molar-refractivity contribution in [2.75, 3.05) is 20.3 Å². The Hall–Kier alpha value is -1.10. The van der Waals surface area contributed by atoms with Crippen LogP contribution < -0.4 is 5.32 Å². The molecule has 1 N–H and O–H groups in total. The number of amides is 2. The van der Waals surface area contributed by atoms with Gasteiger partial charge < -0.3 is 15.0 Å². The van der Waals surface area contributed by atoms with Crippen molar-refractivity contribution in [1.82, 2.24) is 10.2 Å². The summed E-state index contributed by atoms with van der Waals surface area (Å²) in [5.41, 5.74) is 0. The molecule has 0 saturated carbocycles. The van der Waals surface area contributed by atoms with Crippen LogP contribution in [0.2, 0.25) is 0 Å². The van der Waals surface area contributed by atoms with E-state index in [0.717, 1.165) is 0 Å². The fraction of sp³-hybridized carbons (Fsp3) is 0.833. The Labute approximate surface area is 102 Å². The van der Waals surface area contributed by atoms with E-state index in [0.29, 0.717) is 19.6 Å². The average molecular weight is 242 g/mol. The number of hydrogen-bond acceptors (Lipinski definition) is 3. The molecule has 0 aromatic heterocycles. The second-order valence-electron chi connectivity index (χ2n) is 4.87. The van der Waals surface area contributed by atoms with Gasteiger partial charge in [-0.2, -0.15) is 0 Å². The number of carbonyl (C=O) groups excluding carboxylic acids is 2. The molecule has 17 heavy (non-hydrogen) atoms. The zero-order valence-corrected chi connectivity index (χ0v) is 11.0. The summed E-state index contributed by atoms with van der Waals surface area (Å²) < 4.78 is 5.01. The van der Waals surface area contributed by atoms with Crippen molar-refractivity contribution in [1.29, 1.82) is 0 Å². The monoisotopic (exact) mass is 242 g/mol. The van der Waals surface area contributed by atoms with E-state index in [-0.39, 0.29) is 23.8 Å². The van der Waals surface area contributed by atoms with Crippen molar-refractivity contribution in [3.8, 4) is 0 Å². The smallest absolute Gasteiger partial charge is 0.245 e. The predicted molar refractivity (Wildman–Crippen MR) is 64.4 cm³/mol. The number of nitrogens with one attached hydrogen (secondary N) is 1. The predicted octanol–water partition coefficient (Wildman–Crippen LogP) is 0.394. The Morgan fingerprint density at radius 1 is 1.47 bits per heavy atom. The Morgan fingerprint density at radius 3 is 2.65 bits per heavy atom. The minimum atomic E-state index is -0.413. The van der Waals surface area contributed by atoms with Crippen LogP contribution in [0.1, 0.15) is 27.2 Å². The maximum absolute atomic E-state index is 12.3. The van der Waals surface area contributed by atoms with E-state index in [1.807, 2.05) is 20.8 Å². The molecule has 0 aromatic carbocycles. The molecule has 0 aliphatic carbocycles. The van der Waals surface area contributed by atoms with E-state index in [1.54, 1.807) is 12.0 Å². The van der Waals surface area contributed by atoms with Crippen molar-refractivity contribution in [2.45, 2.75) is 39.3 Å². The summed E-state index contributed by atoms with van der Waals surface area (Å²) in [5, 5.41) is 2.79. The van der Waals surface area contributed by atoms with Gasteiger partial charge in [0.25, 0.3) is 0 Å². The summed E-state index contributed by atoms with van der Waals surface area (Å²) >= 11 is 0. The first-order valence-corrected chi connectivity index (χ1v) is 6.06. The number of methoxy groups -OCH3 is 1. The maximum atomic E-state index is 12.3. The molecule has 1 aliphatic rings. The van der Waals surface area contributed by atoms with Crippen molar-refractivity contribution < 1.29 is 14.3 Å². The largest absolute Gasteiger partial charge is 0.383 e. The van der Waals surface area contributed by atoms with Gasteiger partial charge >= 0.3 is 0 Å². The maximum Gasteiger partial charge on any atom is 0.245 e. The van der Waals surface area contributed by atoms with Crippen LogP contribution in [0.25, 0.3) is 0 Å². The molecule has 5 nitrogen and oxygen atoms in total. The summed E-state index contributed by atoms with van der Waals surface area (Å²) in [4.78, 5) is 25.7. The highest BCUT2D eigenvalue weighted by atomic mass is 16.5. The van der Waals surface area contributed by atoms with Crippen LogP contribution in [0.15, 0.2) is 0 Å². The molecule has 1 fully saturated rings. The van der Waals surface area contributed by atoms with Crippen molar-refractivity contribution in [3.63, 3.8) is 0 Å². The first-order chi connectivity index (χ1) is 7.97. The SMILES string of the molecule is COCCN1C(=O)C(C(C)C)NC(=O)CC1C. The van der Waals surface area contributed by atoms with Crippen LogP contribution in [0.3, 0.4) is 0 Å². The molecule has 0 spiro atoms. The second-order valence-corrected chi connectivity index (χ2v) is 4.87. The van der Waals surface area contributed by atoms with Crippen molar-refractivity contribution >= 4 is 11.8 Å². The molecule has 1 aliphatic heterocycles. The summed E-state index contributed by atoms with van der Waals surface area (Å²) in [5.74, 6) is 0.0432. The number of ether oxygens (including phenoxy) is 1. The second kappa shape index (κ2) is 6.00. The van der Waals surface area contributed by atoms with Gasteiger partial charge in [0, 0.05) is 26.1 Å². The molecule has 0 radical (unpaired) electrons. The minimum absolute atomic E-state index is 0.00426. The molecule has 1 saturated heterocycles. The van der Waals surface area contributed by atoms with Gasteiger partial charge in [0.2, 0.25) is 11.8 Å². The normalized spacial score (nSPS) is 26.1. The lowest BCUT2D eigenvalue weighted by Crippen LogP contribution is -2.49. The van der Waals surface area contributed by atoms with Crippen molar-refractivity contribution in [2.24, 2.45) is 5.92 Å². The molecular formula is C12H22N2O3. The fourth-order valence-corrected chi connectivity index (χ4v) is 2.04. The van der Waals surface area contributed by atoms with Gasteiger partial charge in [-0.1, -0.05) is 13.8 Å². The standard InChI is InChI=1S/C12H22N2O3/c1-8(2)11-12(16)14(5-6-17-4)9(3)7-10(15)13-11/h8-9,11H,5-7H2,1-4H3,(H,13,15). The van der Waals surface area contributed by atoms with Crippen LogP contribution in [0.4, 0.5) is 0 Å². The zero-order chi connectivity index (χ0) is 13.0. The third kappa shape index (κ3) is 3.43. The molecule has 0 bridgehead atoms. The van der Waals surface area contributed by atoms with E-state index in [9.17, 15) is 9.59 Å². The third-order valence-corrected chi connectivity index (χ3v) is 3.08. The Bertz CT molecular complexity index is 291. The van der Waals surface area contributed by atoms with Crippen LogP contribution in [-0.2, 0) is 14.3 Å². The summed E-state index contributed by atoms with van der Waals surface area (Å²) in [6, 6.07) is -0.481. The first kappa shape index (κ1) is 14.0. The highest BCUT2D eigenvalue weighted by Gasteiger charge is 2.35. The molecule has 1 heterocycles. The molecule has 0 aromatic rings. The molecule has 5 heteroatoms. The van der Waals surface area contributed by atoms with Gasteiger partial charge in [0.05, 0.1) is 6.61 Å². The Balaban J connectivity index is 2.84. The zero-order valence-electron chi connectivity index (χ0n) is 11.0. The topological polar surface area (TPSA) is 58.6 Å². The lowest BCUT2D eigenvalue weighted by Gasteiger charge is -2.29. The van der Waals surface area contributed by atoms with Gasteiger partial charge in [0.15, 0.2) is 0 Å². The lowest BCUT2D eigenvalue weighted by molar-refractivity contribution is -0.136. The summed E-state index contributed by atoms with van der Waals surface area (Å²) in [6.45, 7) is 6.81. The van der Waals surface area contributed by atoms with Crippen LogP contribution in [0, 0.1) is 5.92 Å². The Morgan fingerprint density at radius 2 is 2.12 bits per heavy atom. The molecule has 1 rings (SSSR count). The highest BCUT2D eigenvalue weighted by Crippen LogP contribution is 2.15. The van der Waals surface area contributed by atoms with E-state index < -0.39 is 6.04 Å². The van der Waals surface area contributed by atoms with Crippen LogP contribution in [-0.4, -0.2) is 49.1 Å². The van der Waals surface area contributed by atoms with Gasteiger partial charge in [-0.25, -0.2) is 0 Å². The van der Waals surface area contributed by atoms with E-state index in [4.69, 9.17) is 4.74 Å². The van der Waals surface area contributed by atoms with E-state index in [1.165, 1.54) is 0 Å². The van der Waals surface area contributed by atoms with Gasteiger partial charge in [-0.05, 0) is 12.8 Å².